The third-order valence-electron chi connectivity index (χ3n) is 3.40. The number of hydrogen-bond acceptors (Lipinski definition) is 2. The van der Waals surface area contributed by atoms with Crippen LogP contribution in [0.1, 0.15) is 11.1 Å². The summed E-state index contributed by atoms with van der Waals surface area (Å²) >= 11 is 12.2. The highest BCUT2D eigenvalue weighted by molar-refractivity contribution is 6.32. The van der Waals surface area contributed by atoms with Gasteiger partial charge in [-0.05, 0) is 30.3 Å². The number of fused-ring (bicyclic) bond motifs is 1. The van der Waals surface area contributed by atoms with Crippen molar-refractivity contribution in [3.8, 4) is 0 Å². The monoisotopic (exact) mass is 309 g/mol. The fourth-order valence-electron chi connectivity index (χ4n) is 2.43. The molecule has 20 heavy (non-hydrogen) atoms. The van der Waals surface area contributed by atoms with Crippen molar-refractivity contribution in [2.75, 3.05) is 7.11 Å². The van der Waals surface area contributed by atoms with Crippen molar-refractivity contribution >= 4 is 35.1 Å². The van der Waals surface area contributed by atoms with Gasteiger partial charge in [-0.1, -0.05) is 29.3 Å². The van der Waals surface area contributed by atoms with Crippen LogP contribution in [0.25, 0.3) is 0 Å². The number of halogens is 3. The van der Waals surface area contributed by atoms with E-state index in [1.54, 1.807) is 31.5 Å². The zero-order chi connectivity index (χ0) is 14.3. The molecular weight excluding hydrogens is 300 g/mol. The number of aliphatic imine (C=N–C) groups is 1. The SMILES string of the molecule is COC1(c2ccc(F)cc2Cl)C=Nc2ccc(Cl)cc21. The Hall–Kier alpha value is -1.42. The molecule has 102 valence electrons. The topological polar surface area (TPSA) is 21.6 Å². The van der Waals surface area contributed by atoms with Crippen LogP contribution < -0.4 is 0 Å². The van der Waals surface area contributed by atoms with E-state index < -0.39 is 11.4 Å². The number of benzene rings is 2. The van der Waals surface area contributed by atoms with Crippen molar-refractivity contribution < 1.29 is 9.13 Å². The minimum absolute atomic E-state index is 0.283. The molecule has 2 aromatic rings. The predicted octanol–water partition coefficient (Wildman–Crippen LogP) is 4.74. The number of methoxy groups -OCH3 is 1. The fraction of sp³-hybridized carbons (Fsp3) is 0.133. The smallest absolute Gasteiger partial charge is 0.156 e. The molecule has 0 spiro atoms. The first-order valence-electron chi connectivity index (χ1n) is 5.93. The average molecular weight is 310 g/mol. The molecule has 1 heterocycles. The Balaban J connectivity index is 2.25. The highest BCUT2D eigenvalue weighted by Crippen LogP contribution is 2.45. The largest absolute Gasteiger partial charge is 0.363 e. The van der Waals surface area contributed by atoms with Gasteiger partial charge in [-0.2, -0.15) is 0 Å². The molecule has 0 saturated carbocycles. The van der Waals surface area contributed by atoms with Crippen LogP contribution in [0.15, 0.2) is 41.4 Å². The molecule has 1 aliphatic heterocycles. The van der Waals surface area contributed by atoms with E-state index in [9.17, 15) is 4.39 Å². The Bertz CT molecular complexity index is 717. The van der Waals surface area contributed by atoms with Crippen molar-refractivity contribution in [2.45, 2.75) is 5.60 Å². The van der Waals surface area contributed by atoms with Crippen molar-refractivity contribution in [3.05, 3.63) is 63.4 Å². The molecule has 2 nitrogen and oxygen atoms in total. The van der Waals surface area contributed by atoms with E-state index in [4.69, 9.17) is 27.9 Å². The number of ether oxygens (including phenoxy) is 1. The molecule has 0 saturated heterocycles. The molecule has 5 heteroatoms. The summed E-state index contributed by atoms with van der Waals surface area (Å²) in [4.78, 5) is 4.34. The van der Waals surface area contributed by atoms with Gasteiger partial charge in [-0.25, -0.2) is 4.39 Å². The maximum Gasteiger partial charge on any atom is 0.156 e. The van der Waals surface area contributed by atoms with Gasteiger partial charge in [-0.15, -0.1) is 0 Å². The molecule has 0 fully saturated rings. The molecule has 0 bridgehead atoms. The average Bonchev–Trinajstić information content (AvgIpc) is 2.78. The molecule has 0 radical (unpaired) electrons. The summed E-state index contributed by atoms with van der Waals surface area (Å²) in [6.45, 7) is 0. The van der Waals surface area contributed by atoms with Gasteiger partial charge < -0.3 is 4.74 Å². The molecule has 2 aromatic carbocycles. The summed E-state index contributed by atoms with van der Waals surface area (Å²) in [7, 11) is 1.56. The van der Waals surface area contributed by atoms with Crippen molar-refractivity contribution in [2.24, 2.45) is 4.99 Å². The Labute approximate surface area is 125 Å². The highest BCUT2D eigenvalue weighted by atomic mass is 35.5. The minimum Gasteiger partial charge on any atom is -0.363 e. The van der Waals surface area contributed by atoms with E-state index >= 15 is 0 Å². The van der Waals surface area contributed by atoms with Crippen LogP contribution in [0, 0.1) is 5.82 Å². The Morgan fingerprint density at radius 3 is 2.60 bits per heavy atom. The third kappa shape index (κ3) is 1.94. The van der Waals surface area contributed by atoms with E-state index in [0.29, 0.717) is 10.6 Å². The van der Waals surface area contributed by atoms with Crippen molar-refractivity contribution in [1.29, 1.82) is 0 Å². The summed E-state index contributed by atoms with van der Waals surface area (Å²) in [5.74, 6) is -0.397. The maximum absolute atomic E-state index is 13.2. The lowest BCUT2D eigenvalue weighted by atomic mass is 9.88. The lowest BCUT2D eigenvalue weighted by Crippen LogP contribution is -2.30. The van der Waals surface area contributed by atoms with Crippen LogP contribution in [0.2, 0.25) is 10.0 Å². The van der Waals surface area contributed by atoms with Gasteiger partial charge in [0.15, 0.2) is 5.60 Å². The first-order chi connectivity index (χ1) is 9.56. The van der Waals surface area contributed by atoms with Crippen LogP contribution in [0.5, 0.6) is 0 Å². The van der Waals surface area contributed by atoms with Crippen LogP contribution in [0.3, 0.4) is 0 Å². The van der Waals surface area contributed by atoms with Crippen molar-refractivity contribution in [1.82, 2.24) is 0 Å². The molecule has 1 atom stereocenters. The molecule has 0 amide bonds. The second-order valence-corrected chi connectivity index (χ2v) is 5.33. The zero-order valence-electron chi connectivity index (χ0n) is 10.5. The quantitative estimate of drug-likeness (QED) is 0.785. The van der Waals surface area contributed by atoms with Crippen molar-refractivity contribution in [3.63, 3.8) is 0 Å². The first kappa shape index (κ1) is 13.6. The highest BCUT2D eigenvalue weighted by Gasteiger charge is 2.40. The summed E-state index contributed by atoms with van der Waals surface area (Å²) < 4.78 is 18.9. The standard InChI is InChI=1S/C15H10Cl2FNO/c1-20-15(11-4-3-10(18)7-13(11)17)8-19-14-5-2-9(16)6-12(14)15/h2-8H,1H3. The first-order valence-corrected chi connectivity index (χ1v) is 6.68. The normalized spacial score (nSPS) is 20.2. The van der Waals surface area contributed by atoms with Gasteiger partial charge in [0, 0.05) is 29.5 Å². The van der Waals surface area contributed by atoms with E-state index in [-0.39, 0.29) is 5.02 Å². The summed E-state index contributed by atoms with van der Waals surface area (Å²) in [6, 6.07) is 9.56. The number of rotatable bonds is 2. The summed E-state index contributed by atoms with van der Waals surface area (Å²) in [5.41, 5.74) is 1.25. The zero-order valence-corrected chi connectivity index (χ0v) is 12.0. The molecule has 0 aliphatic carbocycles. The molecule has 0 N–H and O–H groups in total. The minimum atomic E-state index is -0.939. The lowest BCUT2D eigenvalue weighted by molar-refractivity contribution is 0.0905. The van der Waals surface area contributed by atoms with E-state index in [1.807, 2.05) is 6.07 Å². The molecular formula is C15H10Cl2FNO. The summed E-state index contributed by atoms with van der Waals surface area (Å²) in [5, 5.41) is 0.861. The molecule has 1 aliphatic rings. The van der Waals surface area contributed by atoms with Crippen LogP contribution in [0.4, 0.5) is 10.1 Å². The van der Waals surface area contributed by atoms with Gasteiger partial charge in [0.1, 0.15) is 5.82 Å². The van der Waals surface area contributed by atoms with Gasteiger partial charge >= 0.3 is 0 Å². The summed E-state index contributed by atoms with van der Waals surface area (Å²) in [6.07, 6.45) is 1.66. The van der Waals surface area contributed by atoms with E-state index in [2.05, 4.69) is 4.99 Å². The molecule has 1 unspecified atom stereocenters. The number of hydrogen-bond donors (Lipinski definition) is 0. The van der Waals surface area contributed by atoms with E-state index in [1.165, 1.54) is 12.1 Å². The second-order valence-electron chi connectivity index (χ2n) is 4.48. The number of nitrogens with zero attached hydrogens (tertiary/aromatic N) is 1. The third-order valence-corrected chi connectivity index (χ3v) is 3.95. The van der Waals surface area contributed by atoms with E-state index in [0.717, 1.165) is 11.3 Å². The van der Waals surface area contributed by atoms with Gasteiger partial charge in [0.2, 0.25) is 0 Å². The van der Waals surface area contributed by atoms with Crippen LogP contribution in [-0.4, -0.2) is 13.3 Å². The Morgan fingerprint density at radius 1 is 1.10 bits per heavy atom. The Morgan fingerprint density at radius 2 is 1.90 bits per heavy atom. The van der Waals surface area contributed by atoms with Crippen LogP contribution in [-0.2, 0) is 10.3 Å². The predicted molar refractivity (Wildman–Crippen MR) is 78.8 cm³/mol. The lowest BCUT2D eigenvalue weighted by Gasteiger charge is -2.27. The maximum atomic E-state index is 13.2. The van der Waals surface area contributed by atoms with Gasteiger partial charge in [0.05, 0.1) is 10.7 Å². The molecule has 0 aromatic heterocycles. The van der Waals surface area contributed by atoms with Gasteiger partial charge in [-0.3, -0.25) is 4.99 Å². The second kappa shape index (κ2) is 4.85. The Kier molecular flexibility index (Phi) is 3.28. The fourth-order valence-corrected chi connectivity index (χ4v) is 2.91. The van der Waals surface area contributed by atoms with Crippen LogP contribution >= 0.6 is 23.2 Å². The molecule has 3 rings (SSSR count). The van der Waals surface area contributed by atoms with Gasteiger partial charge in [0.25, 0.3) is 0 Å².